The highest BCUT2D eigenvalue weighted by Gasteiger charge is 2.15. The summed E-state index contributed by atoms with van der Waals surface area (Å²) in [7, 11) is -1.74. The fraction of sp³-hybridized carbons (Fsp3) is 0.400. The van der Waals surface area contributed by atoms with Gasteiger partial charge in [0.05, 0.1) is 11.4 Å². The predicted molar refractivity (Wildman–Crippen MR) is 63.4 cm³/mol. The Morgan fingerprint density at radius 2 is 1.93 bits per heavy atom. The highest BCUT2D eigenvalue weighted by molar-refractivity contribution is 7.45. The third-order valence-corrected chi connectivity index (χ3v) is 3.49. The maximum atomic E-state index is 11.6. The summed E-state index contributed by atoms with van der Waals surface area (Å²) in [6.45, 7) is 5.76. The second-order valence-electron chi connectivity index (χ2n) is 3.54. The molecule has 0 radical (unpaired) electrons. The van der Waals surface area contributed by atoms with Gasteiger partial charge in [0.25, 0.3) is 0 Å². The minimum absolute atomic E-state index is 0.205. The molecule has 1 aromatic rings. The number of nitrogen functional groups attached to an aromatic ring is 1. The van der Waals surface area contributed by atoms with Crippen molar-refractivity contribution in [2.24, 2.45) is 0 Å². The van der Waals surface area contributed by atoms with E-state index in [9.17, 15) is 4.57 Å². The Kier molecular flexibility index (Phi) is 3.59. The van der Waals surface area contributed by atoms with Crippen molar-refractivity contribution >= 4 is 19.3 Å². The van der Waals surface area contributed by atoms with Gasteiger partial charge in [0.1, 0.15) is 0 Å². The van der Waals surface area contributed by atoms with Crippen LogP contribution in [-0.2, 0) is 4.57 Å². The van der Waals surface area contributed by atoms with E-state index < -0.39 is 7.95 Å². The van der Waals surface area contributed by atoms with Crippen LogP contribution in [0.25, 0.3) is 0 Å². The maximum Gasteiger partial charge on any atom is 0.158 e. The standard InChI is InChI=1S/C10H17N2OP/c1-8(2)12(14(3)13)10-7-5-4-6-9(10)11/h4-8,14H,11H2,1-3H3. The third-order valence-electron chi connectivity index (χ3n) is 2.05. The SMILES string of the molecule is CC(C)N(c1ccccc1N)[PH](C)=O. The van der Waals surface area contributed by atoms with Crippen LogP contribution in [0.3, 0.4) is 0 Å². The summed E-state index contributed by atoms with van der Waals surface area (Å²) in [6, 6.07) is 7.73. The molecule has 0 spiro atoms. The molecule has 0 aliphatic carbocycles. The van der Waals surface area contributed by atoms with Crippen molar-refractivity contribution in [3.8, 4) is 0 Å². The van der Waals surface area contributed by atoms with Gasteiger partial charge in [-0.1, -0.05) is 12.1 Å². The van der Waals surface area contributed by atoms with Crippen LogP contribution in [0.4, 0.5) is 11.4 Å². The van der Waals surface area contributed by atoms with Gasteiger partial charge in [-0.3, -0.25) is 0 Å². The molecule has 78 valence electrons. The smallest absolute Gasteiger partial charge is 0.158 e. The molecule has 0 aliphatic rings. The van der Waals surface area contributed by atoms with E-state index in [4.69, 9.17) is 5.73 Å². The van der Waals surface area contributed by atoms with Crippen LogP contribution < -0.4 is 10.4 Å². The van der Waals surface area contributed by atoms with Crippen LogP contribution in [0, 0.1) is 0 Å². The van der Waals surface area contributed by atoms with E-state index in [-0.39, 0.29) is 6.04 Å². The van der Waals surface area contributed by atoms with E-state index >= 15 is 0 Å². The van der Waals surface area contributed by atoms with Crippen LogP contribution in [0.5, 0.6) is 0 Å². The van der Waals surface area contributed by atoms with Crippen molar-refractivity contribution in [2.45, 2.75) is 19.9 Å². The first-order valence-electron chi connectivity index (χ1n) is 4.68. The number of para-hydroxylation sites is 2. The fourth-order valence-electron chi connectivity index (χ4n) is 1.52. The summed E-state index contributed by atoms with van der Waals surface area (Å²) < 4.78 is 13.5. The minimum Gasteiger partial charge on any atom is -0.397 e. The normalized spacial score (nSPS) is 12.9. The summed E-state index contributed by atoms with van der Waals surface area (Å²) in [4.78, 5) is 0. The average molecular weight is 212 g/mol. The summed E-state index contributed by atoms with van der Waals surface area (Å²) in [5.74, 6) is 0. The second kappa shape index (κ2) is 4.52. The molecule has 2 N–H and O–H groups in total. The van der Waals surface area contributed by atoms with Gasteiger partial charge in [0.15, 0.2) is 7.95 Å². The number of benzene rings is 1. The largest absolute Gasteiger partial charge is 0.397 e. The molecule has 0 aliphatic heterocycles. The predicted octanol–water partition coefficient (Wildman–Crippen LogP) is 2.59. The zero-order valence-corrected chi connectivity index (χ0v) is 9.82. The quantitative estimate of drug-likeness (QED) is 0.618. The lowest BCUT2D eigenvalue weighted by Crippen LogP contribution is -2.23. The van der Waals surface area contributed by atoms with Crippen LogP contribution >= 0.6 is 7.95 Å². The number of hydrogen-bond donors (Lipinski definition) is 1. The molecule has 0 aromatic heterocycles. The summed E-state index contributed by atoms with van der Waals surface area (Å²) >= 11 is 0. The van der Waals surface area contributed by atoms with Crippen LogP contribution in [0.1, 0.15) is 13.8 Å². The number of nitrogens with zero attached hydrogens (tertiary/aromatic N) is 1. The summed E-state index contributed by atoms with van der Waals surface area (Å²) in [5.41, 5.74) is 7.38. The Balaban J connectivity index is 3.12. The molecule has 1 unspecified atom stereocenters. The molecule has 3 nitrogen and oxygen atoms in total. The molecule has 1 atom stereocenters. The zero-order valence-electron chi connectivity index (χ0n) is 8.82. The molecule has 0 fully saturated rings. The molecule has 0 bridgehead atoms. The van der Waals surface area contributed by atoms with E-state index in [1.807, 2.05) is 42.8 Å². The zero-order chi connectivity index (χ0) is 10.7. The minimum atomic E-state index is -1.74. The first-order chi connectivity index (χ1) is 6.54. The summed E-state index contributed by atoms with van der Waals surface area (Å²) in [5, 5.41) is 0. The van der Waals surface area contributed by atoms with E-state index in [0.29, 0.717) is 5.69 Å². The molecular weight excluding hydrogens is 195 g/mol. The number of hydrogen-bond acceptors (Lipinski definition) is 2. The van der Waals surface area contributed by atoms with Crippen molar-refractivity contribution < 1.29 is 4.57 Å². The topological polar surface area (TPSA) is 46.3 Å². The lowest BCUT2D eigenvalue weighted by Gasteiger charge is -2.27. The molecule has 1 aromatic carbocycles. The van der Waals surface area contributed by atoms with Gasteiger partial charge in [-0.25, -0.2) is 0 Å². The lowest BCUT2D eigenvalue weighted by molar-refractivity contribution is 0.584. The molecule has 1 rings (SSSR count). The van der Waals surface area contributed by atoms with E-state index in [2.05, 4.69) is 0 Å². The number of rotatable bonds is 3. The molecular formula is C10H17N2OP. The first kappa shape index (κ1) is 11.1. The molecule has 0 amide bonds. The van der Waals surface area contributed by atoms with E-state index in [0.717, 1.165) is 5.69 Å². The van der Waals surface area contributed by atoms with Gasteiger partial charge < -0.3 is 15.0 Å². The second-order valence-corrected chi connectivity index (χ2v) is 5.06. The highest BCUT2D eigenvalue weighted by atomic mass is 31.1. The molecule has 14 heavy (non-hydrogen) atoms. The van der Waals surface area contributed by atoms with Crippen LogP contribution in [-0.4, -0.2) is 12.7 Å². The van der Waals surface area contributed by atoms with E-state index in [1.165, 1.54) is 0 Å². The van der Waals surface area contributed by atoms with Crippen molar-refractivity contribution in [3.63, 3.8) is 0 Å². The Hall–Kier alpha value is -0.950. The lowest BCUT2D eigenvalue weighted by atomic mass is 10.2. The van der Waals surface area contributed by atoms with E-state index in [1.54, 1.807) is 6.66 Å². The summed E-state index contributed by atoms with van der Waals surface area (Å²) in [6.07, 6.45) is 0. The monoisotopic (exact) mass is 212 g/mol. The molecule has 0 heterocycles. The van der Waals surface area contributed by atoms with Crippen molar-refractivity contribution in [1.82, 2.24) is 0 Å². The first-order valence-corrected chi connectivity index (χ1v) is 6.54. The van der Waals surface area contributed by atoms with Crippen LogP contribution in [0.2, 0.25) is 0 Å². The molecule has 4 heteroatoms. The molecule has 0 saturated carbocycles. The Bertz CT molecular complexity index is 339. The van der Waals surface area contributed by atoms with Gasteiger partial charge in [0, 0.05) is 12.7 Å². The van der Waals surface area contributed by atoms with Crippen molar-refractivity contribution in [1.29, 1.82) is 0 Å². The van der Waals surface area contributed by atoms with Gasteiger partial charge in [-0.2, -0.15) is 0 Å². The highest BCUT2D eigenvalue weighted by Crippen LogP contribution is 2.35. The van der Waals surface area contributed by atoms with Gasteiger partial charge in [0.2, 0.25) is 0 Å². The van der Waals surface area contributed by atoms with Gasteiger partial charge in [-0.15, -0.1) is 0 Å². The fourth-order valence-corrected chi connectivity index (χ4v) is 2.79. The Labute approximate surface area is 85.8 Å². The van der Waals surface area contributed by atoms with Gasteiger partial charge >= 0.3 is 0 Å². The Morgan fingerprint density at radius 3 is 2.36 bits per heavy atom. The Morgan fingerprint density at radius 1 is 1.36 bits per heavy atom. The number of nitrogens with two attached hydrogens (primary N) is 1. The number of anilines is 2. The average Bonchev–Trinajstić information content (AvgIpc) is 2.07. The van der Waals surface area contributed by atoms with Crippen LogP contribution in [0.15, 0.2) is 24.3 Å². The molecule has 0 saturated heterocycles. The third kappa shape index (κ3) is 2.30. The van der Waals surface area contributed by atoms with Crippen molar-refractivity contribution in [3.05, 3.63) is 24.3 Å². The van der Waals surface area contributed by atoms with Gasteiger partial charge in [-0.05, 0) is 26.0 Å². The van der Waals surface area contributed by atoms with Crippen molar-refractivity contribution in [2.75, 3.05) is 17.1 Å². The maximum absolute atomic E-state index is 11.6.